The molecule has 4 aromatic rings. The van der Waals surface area contributed by atoms with Gasteiger partial charge in [0.1, 0.15) is 16.6 Å². The van der Waals surface area contributed by atoms with Gasteiger partial charge in [-0.05, 0) is 25.0 Å². The molecule has 0 unspecified atom stereocenters. The number of hydrogen-bond donors (Lipinski definition) is 0. The Morgan fingerprint density at radius 2 is 1.82 bits per heavy atom. The molecule has 0 saturated carbocycles. The standard InChI is InChI=1S/C25H22F2N4OS/c26-25(27)32-21-12-7-6-11-18(21)15-19(23-30-29-22-13-5-2-8-14-31(22)23)24-28-20(16-33-24)17-9-3-1-4-10-17/h1,3-4,6-7,9-12,15-16,25H,2,5,8,13-14H2/b19-15+. The summed E-state index contributed by atoms with van der Waals surface area (Å²) < 4.78 is 32.9. The second-order valence-corrected chi connectivity index (χ2v) is 8.64. The summed E-state index contributed by atoms with van der Waals surface area (Å²) in [6.07, 6.45) is 5.97. The first kappa shape index (κ1) is 21.5. The molecule has 0 N–H and O–H groups in total. The van der Waals surface area contributed by atoms with E-state index in [1.165, 1.54) is 17.4 Å². The van der Waals surface area contributed by atoms with Crippen LogP contribution in [0.3, 0.4) is 0 Å². The zero-order valence-electron chi connectivity index (χ0n) is 17.8. The molecule has 1 aliphatic heterocycles. The Bertz CT molecular complexity index is 1270. The summed E-state index contributed by atoms with van der Waals surface area (Å²) in [6.45, 7) is -2.09. The number of thiazole rings is 1. The fourth-order valence-corrected chi connectivity index (χ4v) is 4.84. The number of ether oxygens (including phenoxy) is 1. The molecule has 0 fully saturated rings. The minimum Gasteiger partial charge on any atom is -0.434 e. The second kappa shape index (κ2) is 9.62. The molecule has 0 bridgehead atoms. The first-order valence-electron chi connectivity index (χ1n) is 10.9. The van der Waals surface area contributed by atoms with Crippen molar-refractivity contribution in [1.82, 2.24) is 19.7 Å². The molecule has 0 aliphatic carbocycles. The SMILES string of the molecule is FC(F)Oc1ccccc1/C=C(/c1nc(-c2ccccc2)cs1)c1nnc2n1CCCCC2. The number of benzene rings is 2. The van der Waals surface area contributed by atoms with Crippen molar-refractivity contribution in [3.05, 3.63) is 82.2 Å². The summed E-state index contributed by atoms with van der Waals surface area (Å²) in [7, 11) is 0. The van der Waals surface area contributed by atoms with E-state index in [9.17, 15) is 8.78 Å². The van der Waals surface area contributed by atoms with Crippen LogP contribution in [0.25, 0.3) is 22.9 Å². The number of nitrogens with zero attached hydrogens (tertiary/aromatic N) is 4. The van der Waals surface area contributed by atoms with Gasteiger partial charge in [0.05, 0.1) is 11.3 Å². The van der Waals surface area contributed by atoms with Crippen LogP contribution >= 0.6 is 11.3 Å². The van der Waals surface area contributed by atoms with E-state index in [0.717, 1.165) is 59.9 Å². The van der Waals surface area contributed by atoms with Crippen molar-refractivity contribution in [3.8, 4) is 17.0 Å². The smallest absolute Gasteiger partial charge is 0.387 e. The van der Waals surface area contributed by atoms with Crippen LogP contribution in [0, 0.1) is 0 Å². The maximum atomic E-state index is 13.0. The van der Waals surface area contributed by atoms with Crippen molar-refractivity contribution in [1.29, 1.82) is 0 Å². The quantitative estimate of drug-likeness (QED) is 0.335. The van der Waals surface area contributed by atoms with E-state index in [1.54, 1.807) is 18.2 Å². The van der Waals surface area contributed by atoms with Crippen LogP contribution < -0.4 is 4.74 Å². The number of alkyl halides is 2. The molecule has 5 nitrogen and oxygen atoms in total. The van der Waals surface area contributed by atoms with Crippen LogP contribution in [0.5, 0.6) is 5.75 Å². The topological polar surface area (TPSA) is 52.8 Å². The molecule has 0 spiro atoms. The van der Waals surface area contributed by atoms with Gasteiger partial charge < -0.3 is 9.30 Å². The predicted molar refractivity (Wildman–Crippen MR) is 125 cm³/mol. The highest BCUT2D eigenvalue weighted by molar-refractivity contribution is 7.11. The molecule has 2 aromatic carbocycles. The third kappa shape index (κ3) is 4.71. The van der Waals surface area contributed by atoms with Crippen molar-refractivity contribution in [3.63, 3.8) is 0 Å². The second-order valence-electron chi connectivity index (χ2n) is 7.78. The molecule has 0 radical (unpaired) electrons. The van der Waals surface area contributed by atoms with E-state index in [0.29, 0.717) is 11.4 Å². The van der Waals surface area contributed by atoms with Gasteiger partial charge in [0.25, 0.3) is 0 Å². The molecule has 0 amide bonds. The maximum Gasteiger partial charge on any atom is 0.387 e. The van der Waals surface area contributed by atoms with Gasteiger partial charge in [0, 0.05) is 29.5 Å². The Hall–Kier alpha value is -3.39. The first-order valence-corrected chi connectivity index (χ1v) is 11.8. The fraction of sp³-hybridized carbons (Fsp3) is 0.240. The van der Waals surface area contributed by atoms with Gasteiger partial charge in [-0.2, -0.15) is 8.78 Å². The van der Waals surface area contributed by atoms with Crippen LogP contribution in [0.2, 0.25) is 0 Å². The summed E-state index contributed by atoms with van der Waals surface area (Å²) >= 11 is 1.50. The van der Waals surface area contributed by atoms with Gasteiger partial charge in [-0.15, -0.1) is 21.5 Å². The normalized spacial score (nSPS) is 14.2. The third-order valence-electron chi connectivity index (χ3n) is 5.59. The molecule has 168 valence electrons. The molecule has 3 heterocycles. The van der Waals surface area contributed by atoms with Crippen LogP contribution in [-0.2, 0) is 13.0 Å². The van der Waals surface area contributed by atoms with E-state index in [2.05, 4.69) is 14.8 Å². The lowest BCUT2D eigenvalue weighted by Crippen LogP contribution is -2.07. The Morgan fingerprint density at radius 1 is 1.00 bits per heavy atom. The fourth-order valence-electron chi connectivity index (χ4n) is 4.00. The van der Waals surface area contributed by atoms with Gasteiger partial charge in [0.2, 0.25) is 0 Å². The molecule has 8 heteroatoms. The van der Waals surface area contributed by atoms with Gasteiger partial charge in [-0.3, -0.25) is 0 Å². The zero-order valence-corrected chi connectivity index (χ0v) is 18.6. The van der Waals surface area contributed by atoms with Gasteiger partial charge in [0.15, 0.2) is 5.82 Å². The highest BCUT2D eigenvalue weighted by atomic mass is 32.1. The highest BCUT2D eigenvalue weighted by Crippen LogP contribution is 2.34. The molecule has 33 heavy (non-hydrogen) atoms. The van der Waals surface area contributed by atoms with Crippen LogP contribution in [-0.4, -0.2) is 26.4 Å². The van der Waals surface area contributed by atoms with E-state index >= 15 is 0 Å². The Balaban J connectivity index is 1.64. The lowest BCUT2D eigenvalue weighted by Gasteiger charge is -2.11. The maximum absolute atomic E-state index is 13.0. The molecule has 0 atom stereocenters. The largest absolute Gasteiger partial charge is 0.434 e. The minimum atomic E-state index is -2.91. The van der Waals surface area contributed by atoms with E-state index in [4.69, 9.17) is 9.72 Å². The Kier molecular flexibility index (Phi) is 6.26. The summed E-state index contributed by atoms with van der Waals surface area (Å²) in [6, 6.07) is 16.7. The van der Waals surface area contributed by atoms with Crippen LogP contribution in [0.15, 0.2) is 60.0 Å². The van der Waals surface area contributed by atoms with E-state index in [1.807, 2.05) is 41.8 Å². The van der Waals surface area contributed by atoms with Gasteiger partial charge in [-0.25, -0.2) is 4.98 Å². The number of fused-ring (bicyclic) bond motifs is 1. The number of para-hydroxylation sites is 1. The van der Waals surface area contributed by atoms with Crippen molar-refractivity contribution in [2.45, 2.75) is 38.8 Å². The van der Waals surface area contributed by atoms with Crippen molar-refractivity contribution in [2.24, 2.45) is 0 Å². The average molecular weight is 465 g/mol. The molecular weight excluding hydrogens is 442 g/mol. The first-order chi connectivity index (χ1) is 16.2. The van der Waals surface area contributed by atoms with Crippen molar-refractivity contribution >= 4 is 23.0 Å². The summed E-state index contributed by atoms with van der Waals surface area (Å²) in [4.78, 5) is 4.88. The Labute approximate surface area is 194 Å². The number of rotatable bonds is 6. The zero-order chi connectivity index (χ0) is 22.6. The van der Waals surface area contributed by atoms with Gasteiger partial charge in [-0.1, -0.05) is 55.0 Å². The third-order valence-corrected chi connectivity index (χ3v) is 6.47. The van der Waals surface area contributed by atoms with E-state index in [-0.39, 0.29) is 5.75 Å². The molecule has 5 rings (SSSR count). The minimum absolute atomic E-state index is 0.112. The average Bonchev–Trinajstić information content (AvgIpc) is 3.40. The predicted octanol–water partition coefficient (Wildman–Crippen LogP) is 6.32. The van der Waals surface area contributed by atoms with Crippen LogP contribution in [0.4, 0.5) is 8.78 Å². The molecule has 2 aromatic heterocycles. The lowest BCUT2D eigenvalue weighted by atomic mass is 10.1. The number of aromatic nitrogens is 4. The highest BCUT2D eigenvalue weighted by Gasteiger charge is 2.22. The molecule has 1 aliphatic rings. The molecular formula is C25H22F2N4OS. The van der Waals surface area contributed by atoms with Gasteiger partial charge >= 0.3 is 6.61 Å². The Morgan fingerprint density at radius 3 is 2.67 bits per heavy atom. The number of aryl methyl sites for hydroxylation is 1. The monoisotopic (exact) mass is 464 g/mol. The number of halogens is 2. The molecule has 0 saturated heterocycles. The summed E-state index contributed by atoms with van der Waals surface area (Å²) in [5.41, 5.74) is 3.15. The number of hydrogen-bond acceptors (Lipinski definition) is 5. The summed E-state index contributed by atoms with van der Waals surface area (Å²) in [5.74, 6) is 1.76. The van der Waals surface area contributed by atoms with Crippen molar-refractivity contribution in [2.75, 3.05) is 0 Å². The van der Waals surface area contributed by atoms with E-state index < -0.39 is 6.61 Å². The van der Waals surface area contributed by atoms with Crippen molar-refractivity contribution < 1.29 is 13.5 Å². The van der Waals surface area contributed by atoms with Crippen LogP contribution in [0.1, 0.15) is 41.5 Å². The lowest BCUT2D eigenvalue weighted by molar-refractivity contribution is -0.0499. The summed E-state index contributed by atoms with van der Waals surface area (Å²) in [5, 5.41) is 11.7.